The van der Waals surface area contributed by atoms with E-state index in [1.807, 2.05) is 11.3 Å². The Morgan fingerprint density at radius 1 is 0.310 bits per heavy atom. The molecule has 0 atom stereocenters. The number of benzene rings is 11. The van der Waals surface area contributed by atoms with Crippen LogP contribution in [0.15, 0.2) is 199 Å². The van der Waals surface area contributed by atoms with E-state index in [1.54, 1.807) is 0 Å². The van der Waals surface area contributed by atoms with Gasteiger partial charge < -0.3 is 4.42 Å². The Labute approximate surface area is 337 Å². The molecule has 0 aliphatic heterocycles. The molecule has 0 spiro atoms. The molecule has 13 rings (SSSR count). The fourth-order valence-corrected chi connectivity index (χ4v) is 11.2. The second kappa shape index (κ2) is 12.1. The smallest absolute Gasteiger partial charge is 0.153 e. The fraction of sp³-hybridized carbons (Fsp3) is 0. The van der Waals surface area contributed by atoms with Crippen molar-refractivity contribution in [3.63, 3.8) is 0 Å². The molecule has 0 amide bonds. The van der Waals surface area contributed by atoms with Crippen LogP contribution in [0.2, 0.25) is 0 Å². The van der Waals surface area contributed by atoms with E-state index in [0.717, 1.165) is 11.2 Å². The van der Waals surface area contributed by atoms with Crippen LogP contribution in [-0.4, -0.2) is 0 Å². The standard InChI is InChI=1S/C56H32OS/c1-2-16-34-33(14-1)15-13-26-40(34)52-42-22-7-9-24-44(42)53(45-25-10-8-23-43(45)52)46-29-28-38(35-17-3-4-18-36(35)46)49-32-50-54(41-21-6-5-19-37(41)49)48-31-30-47-39-20-11-12-27-51(39)58-56(47)55(48)57-50/h1-32H. The van der Waals surface area contributed by atoms with Crippen molar-refractivity contribution in [3.8, 4) is 33.4 Å². The maximum Gasteiger partial charge on any atom is 0.153 e. The van der Waals surface area contributed by atoms with Crippen LogP contribution in [0.3, 0.4) is 0 Å². The number of rotatable bonds is 3. The highest BCUT2D eigenvalue weighted by molar-refractivity contribution is 7.26. The van der Waals surface area contributed by atoms with Crippen LogP contribution in [0.1, 0.15) is 0 Å². The molecular weight excluding hydrogens is 721 g/mol. The summed E-state index contributed by atoms with van der Waals surface area (Å²) < 4.78 is 9.44. The Morgan fingerprint density at radius 2 is 0.793 bits per heavy atom. The van der Waals surface area contributed by atoms with Crippen LogP contribution in [-0.2, 0) is 0 Å². The summed E-state index contributed by atoms with van der Waals surface area (Å²) >= 11 is 1.82. The van der Waals surface area contributed by atoms with Crippen molar-refractivity contribution < 1.29 is 4.42 Å². The first-order chi connectivity index (χ1) is 28.8. The normalized spacial score (nSPS) is 12.1. The van der Waals surface area contributed by atoms with Crippen molar-refractivity contribution in [2.24, 2.45) is 0 Å². The van der Waals surface area contributed by atoms with E-state index in [9.17, 15) is 0 Å². The summed E-state index contributed by atoms with van der Waals surface area (Å²) in [6, 6.07) is 71.4. The minimum Gasteiger partial charge on any atom is -0.455 e. The van der Waals surface area contributed by atoms with E-state index in [-0.39, 0.29) is 0 Å². The highest BCUT2D eigenvalue weighted by atomic mass is 32.1. The van der Waals surface area contributed by atoms with Gasteiger partial charge in [0.15, 0.2) is 5.58 Å². The zero-order valence-electron chi connectivity index (χ0n) is 31.3. The van der Waals surface area contributed by atoms with Crippen LogP contribution in [0.5, 0.6) is 0 Å². The summed E-state index contributed by atoms with van der Waals surface area (Å²) in [5.74, 6) is 0. The highest BCUT2D eigenvalue weighted by Crippen LogP contribution is 2.50. The molecule has 0 saturated heterocycles. The Kier molecular flexibility index (Phi) is 6.66. The minimum absolute atomic E-state index is 0.919. The van der Waals surface area contributed by atoms with Gasteiger partial charge in [0, 0.05) is 26.2 Å². The molecule has 0 fully saturated rings. The Bertz CT molecular complexity index is 3800. The predicted molar refractivity (Wildman–Crippen MR) is 250 cm³/mol. The average Bonchev–Trinajstić information content (AvgIpc) is 3.86. The predicted octanol–water partition coefficient (Wildman–Crippen LogP) is 16.7. The topological polar surface area (TPSA) is 13.1 Å². The van der Waals surface area contributed by atoms with Gasteiger partial charge in [-0.15, -0.1) is 11.3 Å². The van der Waals surface area contributed by atoms with Gasteiger partial charge >= 0.3 is 0 Å². The molecule has 0 radical (unpaired) electrons. The van der Waals surface area contributed by atoms with E-state index in [0.29, 0.717) is 0 Å². The Hall–Kier alpha value is -7.26. The molecule has 11 aromatic carbocycles. The molecule has 2 heterocycles. The SMILES string of the molecule is c1ccc2c(-c3c4ccccc4c(-c4ccc(-c5cc6oc7c(ccc8c9ccccc9sc87)c6c6ccccc56)c5ccccc45)c4ccccc34)cccc2c1. The van der Waals surface area contributed by atoms with Gasteiger partial charge in [-0.05, 0) is 105 Å². The van der Waals surface area contributed by atoms with E-state index in [4.69, 9.17) is 4.42 Å². The van der Waals surface area contributed by atoms with Gasteiger partial charge in [-0.2, -0.15) is 0 Å². The fourth-order valence-electron chi connectivity index (χ4n) is 10.0. The van der Waals surface area contributed by atoms with Gasteiger partial charge in [-0.1, -0.05) is 176 Å². The summed E-state index contributed by atoms with van der Waals surface area (Å²) in [7, 11) is 0. The lowest BCUT2D eigenvalue weighted by atomic mass is 9.82. The molecule has 13 aromatic rings. The zero-order chi connectivity index (χ0) is 37.9. The molecular formula is C56H32OS. The first-order valence-electron chi connectivity index (χ1n) is 19.9. The molecule has 0 N–H and O–H groups in total. The van der Waals surface area contributed by atoms with E-state index in [2.05, 4.69) is 194 Å². The highest BCUT2D eigenvalue weighted by Gasteiger charge is 2.22. The summed E-state index contributed by atoms with van der Waals surface area (Å²) in [5.41, 5.74) is 9.32. The van der Waals surface area contributed by atoms with Crippen molar-refractivity contribution >= 4 is 107 Å². The Morgan fingerprint density at radius 3 is 1.48 bits per heavy atom. The van der Waals surface area contributed by atoms with Crippen LogP contribution in [0.25, 0.3) is 129 Å². The number of thiophene rings is 1. The number of hydrogen-bond donors (Lipinski definition) is 0. The van der Waals surface area contributed by atoms with Gasteiger partial charge in [0.2, 0.25) is 0 Å². The minimum atomic E-state index is 0.919. The van der Waals surface area contributed by atoms with Gasteiger partial charge in [-0.25, -0.2) is 0 Å². The van der Waals surface area contributed by atoms with Crippen molar-refractivity contribution in [1.82, 2.24) is 0 Å². The largest absolute Gasteiger partial charge is 0.455 e. The van der Waals surface area contributed by atoms with Crippen molar-refractivity contribution in [1.29, 1.82) is 0 Å². The van der Waals surface area contributed by atoms with Crippen LogP contribution < -0.4 is 0 Å². The number of hydrogen-bond acceptors (Lipinski definition) is 2. The monoisotopic (exact) mass is 752 g/mol. The summed E-state index contributed by atoms with van der Waals surface area (Å²) in [6.07, 6.45) is 0. The lowest BCUT2D eigenvalue weighted by Gasteiger charge is -2.20. The summed E-state index contributed by atoms with van der Waals surface area (Å²) in [4.78, 5) is 0. The average molecular weight is 753 g/mol. The summed E-state index contributed by atoms with van der Waals surface area (Å²) in [6.45, 7) is 0. The lowest BCUT2D eigenvalue weighted by molar-refractivity contribution is 0.673. The van der Waals surface area contributed by atoms with Crippen molar-refractivity contribution in [2.45, 2.75) is 0 Å². The molecule has 0 aliphatic carbocycles. The van der Waals surface area contributed by atoms with E-state index in [1.165, 1.54) is 118 Å². The zero-order valence-corrected chi connectivity index (χ0v) is 32.1. The van der Waals surface area contributed by atoms with Crippen molar-refractivity contribution in [3.05, 3.63) is 194 Å². The molecule has 0 bridgehead atoms. The van der Waals surface area contributed by atoms with Crippen LogP contribution in [0.4, 0.5) is 0 Å². The van der Waals surface area contributed by atoms with Crippen LogP contribution >= 0.6 is 11.3 Å². The third-order valence-electron chi connectivity index (χ3n) is 12.5. The van der Waals surface area contributed by atoms with Gasteiger partial charge in [0.1, 0.15) is 5.58 Å². The van der Waals surface area contributed by atoms with Crippen LogP contribution in [0, 0.1) is 0 Å². The van der Waals surface area contributed by atoms with Gasteiger partial charge in [0.25, 0.3) is 0 Å². The first kappa shape index (κ1) is 31.9. The molecule has 2 heteroatoms. The summed E-state index contributed by atoms with van der Waals surface area (Å²) in [5, 5.41) is 17.3. The Balaban J connectivity index is 1.09. The number of furan rings is 1. The molecule has 1 nitrogen and oxygen atoms in total. The third-order valence-corrected chi connectivity index (χ3v) is 13.7. The lowest BCUT2D eigenvalue weighted by Crippen LogP contribution is -1.93. The van der Waals surface area contributed by atoms with Gasteiger partial charge in [0.05, 0.1) is 4.70 Å². The second-order valence-corrected chi connectivity index (χ2v) is 16.5. The molecule has 0 unspecified atom stereocenters. The number of fused-ring (bicyclic) bond motifs is 13. The quantitative estimate of drug-likeness (QED) is 0.164. The molecule has 268 valence electrons. The third kappa shape index (κ3) is 4.41. The van der Waals surface area contributed by atoms with Crippen molar-refractivity contribution in [2.75, 3.05) is 0 Å². The maximum absolute atomic E-state index is 6.95. The maximum atomic E-state index is 6.95. The first-order valence-corrected chi connectivity index (χ1v) is 20.7. The molecule has 2 aromatic heterocycles. The molecule has 0 aliphatic rings. The molecule has 0 saturated carbocycles. The molecule has 58 heavy (non-hydrogen) atoms. The van der Waals surface area contributed by atoms with E-state index >= 15 is 0 Å². The second-order valence-electron chi connectivity index (χ2n) is 15.4. The van der Waals surface area contributed by atoms with Gasteiger partial charge in [-0.3, -0.25) is 0 Å². The van der Waals surface area contributed by atoms with E-state index < -0.39 is 0 Å².